The van der Waals surface area contributed by atoms with Crippen LogP contribution < -0.4 is 0 Å². The number of methoxy groups -OCH3 is 1. The summed E-state index contributed by atoms with van der Waals surface area (Å²) in [5.41, 5.74) is 1.50. The zero-order chi connectivity index (χ0) is 16.6. The standard InChI is InChI=1S/C17H20N2O4S/c1-21-16(20)13-11-22-15(18-13)10-19-6-4-17(5-7-19)12-3-9-24-14(12)2-8-23-17/h3,9,11H,2,4-8,10H2,1H3. The van der Waals surface area contributed by atoms with Gasteiger partial charge in [0, 0.05) is 24.4 Å². The second-order valence-electron chi connectivity index (χ2n) is 6.24. The van der Waals surface area contributed by atoms with Crippen molar-refractivity contribution in [3.63, 3.8) is 0 Å². The molecule has 2 aromatic rings. The number of piperidine rings is 1. The van der Waals surface area contributed by atoms with Crippen LogP contribution in [-0.2, 0) is 28.0 Å². The van der Waals surface area contributed by atoms with Crippen LogP contribution in [-0.4, -0.2) is 42.7 Å². The molecule has 0 unspecified atom stereocenters. The third kappa shape index (κ3) is 2.76. The van der Waals surface area contributed by atoms with E-state index in [1.54, 1.807) is 0 Å². The summed E-state index contributed by atoms with van der Waals surface area (Å²) in [5.74, 6) is 0.0790. The van der Waals surface area contributed by atoms with Crippen molar-refractivity contribution in [2.45, 2.75) is 31.4 Å². The number of carbonyl (C=O) groups excluding carboxylic acids is 1. The molecule has 0 amide bonds. The van der Waals surface area contributed by atoms with Crippen LogP contribution in [0.2, 0.25) is 0 Å². The van der Waals surface area contributed by atoms with Crippen molar-refractivity contribution in [3.8, 4) is 0 Å². The first-order valence-electron chi connectivity index (χ1n) is 8.16. The lowest BCUT2D eigenvalue weighted by atomic mass is 9.82. The van der Waals surface area contributed by atoms with Gasteiger partial charge >= 0.3 is 5.97 Å². The summed E-state index contributed by atoms with van der Waals surface area (Å²) in [5, 5.41) is 2.18. The number of fused-ring (bicyclic) bond motifs is 2. The van der Waals surface area contributed by atoms with Gasteiger partial charge in [-0.05, 0) is 29.9 Å². The lowest BCUT2D eigenvalue weighted by molar-refractivity contribution is -0.0987. The highest BCUT2D eigenvalue weighted by atomic mass is 32.1. The summed E-state index contributed by atoms with van der Waals surface area (Å²) >= 11 is 1.84. The number of oxazole rings is 1. The molecule has 1 fully saturated rings. The predicted molar refractivity (Wildman–Crippen MR) is 88.0 cm³/mol. The van der Waals surface area contributed by atoms with Gasteiger partial charge in [0.2, 0.25) is 5.89 Å². The topological polar surface area (TPSA) is 64.8 Å². The molecule has 0 saturated carbocycles. The number of ether oxygens (including phenoxy) is 2. The number of carbonyl (C=O) groups is 1. The average molecular weight is 348 g/mol. The van der Waals surface area contributed by atoms with Gasteiger partial charge in [-0.2, -0.15) is 0 Å². The Morgan fingerprint density at radius 1 is 1.46 bits per heavy atom. The zero-order valence-corrected chi connectivity index (χ0v) is 14.4. The van der Waals surface area contributed by atoms with E-state index in [4.69, 9.17) is 9.15 Å². The highest BCUT2D eigenvalue weighted by Gasteiger charge is 2.41. The van der Waals surface area contributed by atoms with Crippen LogP contribution in [0.25, 0.3) is 0 Å². The number of hydrogen-bond donors (Lipinski definition) is 0. The summed E-state index contributed by atoms with van der Waals surface area (Å²) in [6, 6.07) is 2.23. The minimum absolute atomic E-state index is 0.113. The van der Waals surface area contributed by atoms with Crippen molar-refractivity contribution in [2.24, 2.45) is 0 Å². The summed E-state index contributed by atoms with van der Waals surface area (Å²) < 4.78 is 16.3. The highest BCUT2D eigenvalue weighted by Crippen LogP contribution is 2.43. The summed E-state index contributed by atoms with van der Waals surface area (Å²) in [6.07, 6.45) is 4.34. The monoisotopic (exact) mass is 348 g/mol. The van der Waals surface area contributed by atoms with Crippen LogP contribution >= 0.6 is 11.3 Å². The third-order valence-corrected chi connectivity index (χ3v) is 5.89. The van der Waals surface area contributed by atoms with Gasteiger partial charge in [0.25, 0.3) is 0 Å². The Balaban J connectivity index is 1.41. The fraction of sp³-hybridized carbons (Fsp3) is 0.529. The maximum Gasteiger partial charge on any atom is 0.360 e. The number of hydrogen-bond acceptors (Lipinski definition) is 7. The van der Waals surface area contributed by atoms with Gasteiger partial charge in [0.1, 0.15) is 6.26 Å². The van der Waals surface area contributed by atoms with E-state index in [1.807, 2.05) is 11.3 Å². The minimum Gasteiger partial charge on any atom is -0.464 e. The van der Waals surface area contributed by atoms with Crippen LogP contribution in [0, 0.1) is 0 Å². The molecular formula is C17H20N2O4S. The van der Waals surface area contributed by atoms with Crippen molar-refractivity contribution >= 4 is 17.3 Å². The van der Waals surface area contributed by atoms with Crippen LogP contribution in [0.3, 0.4) is 0 Å². The first kappa shape index (κ1) is 15.8. The molecule has 0 bridgehead atoms. The molecule has 0 aliphatic carbocycles. The van der Waals surface area contributed by atoms with Crippen molar-refractivity contribution < 1.29 is 18.7 Å². The van der Waals surface area contributed by atoms with Crippen molar-refractivity contribution in [1.29, 1.82) is 0 Å². The van der Waals surface area contributed by atoms with Crippen LogP contribution in [0.1, 0.15) is 39.7 Å². The molecule has 0 N–H and O–H groups in total. The fourth-order valence-corrected chi connectivity index (χ4v) is 4.57. The van der Waals surface area contributed by atoms with Gasteiger partial charge in [-0.3, -0.25) is 4.90 Å². The summed E-state index contributed by atoms with van der Waals surface area (Å²) in [6.45, 7) is 3.26. The first-order valence-corrected chi connectivity index (χ1v) is 9.04. The van der Waals surface area contributed by atoms with Crippen LogP contribution in [0.5, 0.6) is 0 Å². The van der Waals surface area contributed by atoms with Crippen LogP contribution in [0.4, 0.5) is 0 Å². The Hall–Kier alpha value is -1.70. The Morgan fingerprint density at radius 2 is 2.29 bits per heavy atom. The SMILES string of the molecule is COC(=O)c1coc(CN2CCC3(CC2)OCCc2sccc23)n1. The van der Waals surface area contributed by atoms with Gasteiger partial charge in [-0.25, -0.2) is 9.78 Å². The Labute approximate surface area is 144 Å². The zero-order valence-electron chi connectivity index (χ0n) is 13.6. The minimum atomic E-state index is -0.469. The molecule has 0 radical (unpaired) electrons. The molecule has 2 aromatic heterocycles. The van der Waals surface area contributed by atoms with Crippen molar-refractivity contribution in [1.82, 2.24) is 9.88 Å². The predicted octanol–water partition coefficient (Wildman–Crippen LogP) is 2.59. The van der Waals surface area contributed by atoms with E-state index in [-0.39, 0.29) is 11.3 Å². The van der Waals surface area contributed by atoms with E-state index in [2.05, 4.69) is 26.1 Å². The molecule has 0 atom stereocenters. The Morgan fingerprint density at radius 3 is 3.08 bits per heavy atom. The maximum atomic E-state index is 11.4. The summed E-state index contributed by atoms with van der Waals surface area (Å²) in [4.78, 5) is 19.4. The highest BCUT2D eigenvalue weighted by molar-refractivity contribution is 7.10. The van der Waals surface area contributed by atoms with E-state index >= 15 is 0 Å². The van der Waals surface area contributed by atoms with Gasteiger partial charge in [0.05, 0.1) is 25.9 Å². The smallest absolute Gasteiger partial charge is 0.360 e. The lowest BCUT2D eigenvalue weighted by Gasteiger charge is -2.43. The molecule has 2 aliphatic heterocycles. The largest absolute Gasteiger partial charge is 0.464 e. The fourth-order valence-electron chi connectivity index (χ4n) is 3.62. The second kappa shape index (κ2) is 6.31. The number of esters is 1. The van der Waals surface area contributed by atoms with E-state index in [1.165, 1.54) is 23.8 Å². The van der Waals surface area contributed by atoms with E-state index in [9.17, 15) is 4.79 Å². The molecule has 7 heteroatoms. The third-order valence-electron chi connectivity index (χ3n) is 4.91. The van der Waals surface area contributed by atoms with Gasteiger partial charge < -0.3 is 13.9 Å². The molecule has 6 nitrogen and oxygen atoms in total. The molecule has 0 aromatic carbocycles. The van der Waals surface area contributed by atoms with Gasteiger partial charge in [0.15, 0.2) is 5.69 Å². The van der Waals surface area contributed by atoms with Crippen molar-refractivity contribution in [3.05, 3.63) is 39.7 Å². The first-order chi connectivity index (χ1) is 11.7. The number of rotatable bonds is 3. The lowest BCUT2D eigenvalue weighted by Crippen LogP contribution is -2.45. The van der Waals surface area contributed by atoms with Crippen LogP contribution in [0.15, 0.2) is 22.1 Å². The normalized spacial score (nSPS) is 20.0. The number of aromatic nitrogens is 1. The number of likely N-dealkylation sites (tertiary alicyclic amines) is 1. The quantitative estimate of drug-likeness (QED) is 0.795. The second-order valence-corrected chi connectivity index (χ2v) is 7.25. The molecule has 24 heavy (non-hydrogen) atoms. The number of nitrogens with zero attached hydrogens (tertiary/aromatic N) is 2. The molecule has 2 aliphatic rings. The molecule has 4 heterocycles. The average Bonchev–Trinajstić information content (AvgIpc) is 3.26. The Bertz CT molecular complexity index is 731. The summed E-state index contributed by atoms with van der Waals surface area (Å²) in [7, 11) is 1.34. The van der Waals surface area contributed by atoms with Gasteiger partial charge in [-0.1, -0.05) is 0 Å². The van der Waals surface area contributed by atoms with E-state index < -0.39 is 5.97 Å². The van der Waals surface area contributed by atoms with E-state index in [0.717, 1.165) is 39.0 Å². The van der Waals surface area contributed by atoms with Crippen molar-refractivity contribution in [2.75, 3.05) is 26.8 Å². The van der Waals surface area contributed by atoms with Gasteiger partial charge in [-0.15, -0.1) is 11.3 Å². The molecule has 1 spiro atoms. The molecule has 1 saturated heterocycles. The Kier molecular flexibility index (Phi) is 4.15. The maximum absolute atomic E-state index is 11.4. The molecular weight excluding hydrogens is 328 g/mol. The molecule has 4 rings (SSSR count). The number of thiophene rings is 1. The molecule has 128 valence electrons. The van der Waals surface area contributed by atoms with E-state index in [0.29, 0.717) is 12.4 Å².